The monoisotopic (exact) mass is 374 g/mol. The van der Waals surface area contributed by atoms with Crippen molar-refractivity contribution in [1.82, 2.24) is 0 Å². The number of aryl methyl sites for hydroxylation is 2. The molecule has 142 valence electrons. The molecule has 0 saturated carbocycles. The lowest BCUT2D eigenvalue weighted by Gasteiger charge is -2.38. The first-order valence-electron chi connectivity index (χ1n) is 9.13. The first kappa shape index (κ1) is 17.9. The Labute approximate surface area is 164 Å². The molecule has 28 heavy (non-hydrogen) atoms. The fourth-order valence-corrected chi connectivity index (χ4v) is 3.64. The number of phenolic OH excluding ortho intramolecular Hbond substituents is 1. The largest absolute Gasteiger partial charge is 0.507 e. The van der Waals surface area contributed by atoms with Crippen LogP contribution in [0.2, 0.25) is 0 Å². The van der Waals surface area contributed by atoms with Crippen molar-refractivity contribution in [2.45, 2.75) is 20.0 Å². The summed E-state index contributed by atoms with van der Waals surface area (Å²) in [6, 6.07) is 18.8. The van der Waals surface area contributed by atoms with Gasteiger partial charge in [0.2, 0.25) is 0 Å². The van der Waals surface area contributed by atoms with E-state index < -0.39 is 6.17 Å². The zero-order valence-electron chi connectivity index (χ0n) is 16.1. The van der Waals surface area contributed by atoms with Crippen molar-refractivity contribution in [1.29, 1.82) is 0 Å². The highest BCUT2D eigenvalue weighted by molar-refractivity contribution is 6.12. The Hall–Kier alpha value is -3.47. The molecule has 0 unspecified atom stereocenters. The minimum absolute atomic E-state index is 0.0760. The van der Waals surface area contributed by atoms with Gasteiger partial charge in [-0.05, 0) is 79.1 Å². The van der Waals surface area contributed by atoms with Crippen LogP contribution in [0.15, 0.2) is 60.7 Å². The van der Waals surface area contributed by atoms with Crippen molar-refractivity contribution in [2.75, 3.05) is 17.3 Å². The molecule has 0 saturated heterocycles. The molecule has 2 N–H and O–H groups in total. The highest BCUT2D eigenvalue weighted by Crippen LogP contribution is 2.38. The van der Waals surface area contributed by atoms with Crippen LogP contribution in [0, 0.1) is 13.8 Å². The maximum Gasteiger partial charge on any atom is 0.262 e. The van der Waals surface area contributed by atoms with Gasteiger partial charge in [-0.3, -0.25) is 9.69 Å². The number of anilines is 2. The van der Waals surface area contributed by atoms with Crippen LogP contribution in [0.5, 0.6) is 11.5 Å². The van der Waals surface area contributed by atoms with Crippen LogP contribution < -0.4 is 15.0 Å². The van der Waals surface area contributed by atoms with E-state index in [1.165, 1.54) is 0 Å². The number of ether oxygens (including phenoxy) is 1. The number of hydrogen-bond acceptors (Lipinski definition) is 4. The summed E-state index contributed by atoms with van der Waals surface area (Å²) in [7, 11) is 1.61. The number of carbonyl (C=O) groups excluding carboxylic acids is 1. The standard InChI is InChI=1S/C23H22N2O3/c1-14-12-16(13-15(2)21(14)26)22-24-20-7-5-4-6-19(20)23(27)25(22)17-8-10-18(28-3)11-9-17/h4-13,22,24,26H,1-3H3/t22-/m1/s1. The molecule has 5 nitrogen and oxygen atoms in total. The van der Waals surface area contributed by atoms with E-state index in [1.54, 1.807) is 12.0 Å². The Morgan fingerprint density at radius 2 is 1.64 bits per heavy atom. The first-order valence-corrected chi connectivity index (χ1v) is 9.13. The molecular formula is C23H22N2O3. The van der Waals surface area contributed by atoms with Crippen molar-refractivity contribution in [3.05, 3.63) is 82.9 Å². The third kappa shape index (κ3) is 2.95. The van der Waals surface area contributed by atoms with Crippen LogP contribution in [0.3, 0.4) is 0 Å². The van der Waals surface area contributed by atoms with Crippen molar-refractivity contribution < 1.29 is 14.6 Å². The van der Waals surface area contributed by atoms with Crippen molar-refractivity contribution >= 4 is 17.3 Å². The summed E-state index contributed by atoms with van der Waals surface area (Å²) < 4.78 is 5.25. The van der Waals surface area contributed by atoms with Gasteiger partial charge in [-0.1, -0.05) is 12.1 Å². The third-order valence-electron chi connectivity index (χ3n) is 5.11. The SMILES string of the molecule is COc1ccc(N2C(=O)c3ccccc3N[C@H]2c2cc(C)c(O)c(C)c2)cc1. The number of para-hydroxylation sites is 1. The number of nitrogens with zero attached hydrogens (tertiary/aromatic N) is 1. The average molecular weight is 374 g/mol. The first-order chi connectivity index (χ1) is 13.5. The Morgan fingerprint density at radius 3 is 2.29 bits per heavy atom. The number of rotatable bonds is 3. The second kappa shape index (κ2) is 6.93. The molecule has 1 amide bonds. The number of benzene rings is 3. The Bertz CT molecular complexity index is 1020. The number of hydrogen-bond donors (Lipinski definition) is 2. The number of carbonyl (C=O) groups is 1. The van der Waals surface area contributed by atoms with E-state index in [0.717, 1.165) is 33.8 Å². The van der Waals surface area contributed by atoms with E-state index in [4.69, 9.17) is 4.74 Å². The molecule has 0 radical (unpaired) electrons. The molecule has 0 spiro atoms. The number of amides is 1. The summed E-state index contributed by atoms with van der Waals surface area (Å²) >= 11 is 0. The zero-order valence-corrected chi connectivity index (χ0v) is 16.1. The summed E-state index contributed by atoms with van der Waals surface area (Å²) in [4.78, 5) is 15.1. The fraction of sp³-hybridized carbons (Fsp3) is 0.174. The fourth-order valence-electron chi connectivity index (χ4n) is 3.64. The van der Waals surface area contributed by atoms with Crippen molar-refractivity contribution in [3.8, 4) is 11.5 Å². The molecule has 1 heterocycles. The number of fused-ring (bicyclic) bond motifs is 1. The van der Waals surface area contributed by atoms with Gasteiger partial charge < -0.3 is 15.2 Å². The molecule has 5 heteroatoms. The molecule has 1 atom stereocenters. The predicted molar refractivity (Wildman–Crippen MR) is 110 cm³/mol. The molecular weight excluding hydrogens is 352 g/mol. The molecule has 0 aromatic heterocycles. The molecule has 3 aromatic rings. The molecule has 1 aliphatic rings. The van der Waals surface area contributed by atoms with Gasteiger partial charge in [-0.15, -0.1) is 0 Å². The minimum atomic E-state index is -0.395. The van der Waals surface area contributed by atoms with Crippen LogP contribution in [0.4, 0.5) is 11.4 Å². The third-order valence-corrected chi connectivity index (χ3v) is 5.11. The summed E-state index contributed by atoms with van der Waals surface area (Å²) in [5.41, 5.74) is 4.65. The predicted octanol–water partition coefficient (Wildman–Crippen LogP) is 4.79. The Morgan fingerprint density at radius 1 is 1.00 bits per heavy atom. The molecule has 1 aliphatic heterocycles. The van der Waals surface area contributed by atoms with Crippen LogP contribution in [-0.4, -0.2) is 18.1 Å². The Kier molecular flexibility index (Phi) is 4.43. The summed E-state index contributed by atoms with van der Waals surface area (Å²) in [5.74, 6) is 0.935. The molecule has 4 rings (SSSR count). The molecule has 3 aromatic carbocycles. The maximum atomic E-state index is 13.4. The molecule has 0 fully saturated rings. The quantitative estimate of drug-likeness (QED) is 0.692. The van der Waals surface area contributed by atoms with Gasteiger partial charge in [0, 0.05) is 11.4 Å². The van der Waals surface area contributed by atoms with Crippen LogP contribution in [0.25, 0.3) is 0 Å². The molecule has 0 bridgehead atoms. The zero-order chi connectivity index (χ0) is 19.8. The average Bonchev–Trinajstić information content (AvgIpc) is 2.72. The minimum Gasteiger partial charge on any atom is -0.507 e. The van der Waals surface area contributed by atoms with Gasteiger partial charge in [0.05, 0.1) is 12.7 Å². The second-order valence-electron chi connectivity index (χ2n) is 6.97. The van der Waals surface area contributed by atoms with E-state index >= 15 is 0 Å². The number of phenols is 1. The van der Waals surface area contributed by atoms with Gasteiger partial charge in [-0.25, -0.2) is 0 Å². The number of aromatic hydroxyl groups is 1. The summed E-state index contributed by atoms with van der Waals surface area (Å²) in [5, 5.41) is 13.7. The smallest absolute Gasteiger partial charge is 0.262 e. The lowest BCUT2D eigenvalue weighted by atomic mass is 9.99. The van der Waals surface area contributed by atoms with Crippen LogP contribution in [0.1, 0.15) is 33.2 Å². The molecule has 0 aliphatic carbocycles. The second-order valence-corrected chi connectivity index (χ2v) is 6.97. The topological polar surface area (TPSA) is 61.8 Å². The number of nitrogens with one attached hydrogen (secondary N) is 1. The van der Waals surface area contributed by atoms with Crippen molar-refractivity contribution in [2.24, 2.45) is 0 Å². The van der Waals surface area contributed by atoms with Gasteiger partial charge in [0.25, 0.3) is 5.91 Å². The van der Waals surface area contributed by atoms with E-state index in [2.05, 4.69) is 5.32 Å². The van der Waals surface area contributed by atoms with E-state index in [-0.39, 0.29) is 11.7 Å². The Balaban J connectivity index is 1.87. The normalized spacial score (nSPS) is 15.8. The van der Waals surface area contributed by atoms with Gasteiger partial charge in [0.1, 0.15) is 17.7 Å². The van der Waals surface area contributed by atoms with Gasteiger partial charge in [-0.2, -0.15) is 0 Å². The van der Waals surface area contributed by atoms with Crippen molar-refractivity contribution in [3.63, 3.8) is 0 Å². The summed E-state index contributed by atoms with van der Waals surface area (Å²) in [6.07, 6.45) is -0.395. The van der Waals surface area contributed by atoms with Gasteiger partial charge in [0.15, 0.2) is 0 Å². The van der Waals surface area contributed by atoms with E-state index in [1.807, 2.05) is 74.5 Å². The lowest BCUT2D eigenvalue weighted by Crippen LogP contribution is -2.43. The lowest BCUT2D eigenvalue weighted by molar-refractivity contribution is 0.0975. The summed E-state index contributed by atoms with van der Waals surface area (Å²) in [6.45, 7) is 3.73. The van der Waals surface area contributed by atoms with Gasteiger partial charge >= 0.3 is 0 Å². The highest BCUT2D eigenvalue weighted by Gasteiger charge is 2.34. The van der Waals surface area contributed by atoms with E-state index in [9.17, 15) is 9.90 Å². The highest BCUT2D eigenvalue weighted by atomic mass is 16.5. The number of methoxy groups -OCH3 is 1. The van der Waals surface area contributed by atoms with Crippen LogP contribution in [-0.2, 0) is 0 Å². The van der Waals surface area contributed by atoms with Crippen LogP contribution >= 0.6 is 0 Å². The maximum absolute atomic E-state index is 13.4. The van der Waals surface area contributed by atoms with E-state index in [0.29, 0.717) is 5.56 Å².